The van der Waals surface area contributed by atoms with Crippen LogP contribution >= 0.6 is 0 Å². The van der Waals surface area contributed by atoms with Crippen LogP contribution < -0.4 is 5.73 Å². The molecule has 0 radical (unpaired) electrons. The monoisotopic (exact) mass is 265 g/mol. The van der Waals surface area contributed by atoms with Crippen LogP contribution in [0.15, 0.2) is 29.2 Å². The molecule has 0 aromatic heterocycles. The highest BCUT2D eigenvalue weighted by molar-refractivity contribution is 7.89. The molecule has 2 N–H and O–H groups in total. The average molecular weight is 265 g/mol. The van der Waals surface area contributed by atoms with Crippen LogP contribution in [0.3, 0.4) is 0 Å². The number of nitrogens with zero attached hydrogens (tertiary/aromatic N) is 2. The summed E-state index contributed by atoms with van der Waals surface area (Å²) in [7, 11) is -3.49. The van der Waals surface area contributed by atoms with Crippen molar-refractivity contribution in [1.29, 1.82) is 5.26 Å². The summed E-state index contributed by atoms with van der Waals surface area (Å²) in [6.07, 6.45) is 1.36. The van der Waals surface area contributed by atoms with Gasteiger partial charge in [-0.3, -0.25) is 0 Å². The second-order valence-corrected chi connectivity index (χ2v) is 6.32. The molecule has 0 aliphatic carbocycles. The Morgan fingerprint density at radius 3 is 2.61 bits per heavy atom. The Balaban J connectivity index is 2.28. The highest BCUT2D eigenvalue weighted by Crippen LogP contribution is 2.20. The summed E-state index contributed by atoms with van der Waals surface area (Å²) in [5.41, 5.74) is 6.11. The maximum absolute atomic E-state index is 12.3. The van der Waals surface area contributed by atoms with Crippen LogP contribution in [0.1, 0.15) is 18.4 Å². The molecule has 18 heavy (non-hydrogen) atoms. The molecule has 0 unspecified atom stereocenters. The summed E-state index contributed by atoms with van der Waals surface area (Å²) >= 11 is 0. The van der Waals surface area contributed by atoms with E-state index < -0.39 is 10.0 Å². The Hall–Kier alpha value is -1.42. The second kappa shape index (κ2) is 5.06. The zero-order valence-electron chi connectivity index (χ0n) is 9.91. The predicted octanol–water partition coefficient (Wildman–Crippen LogP) is 0.670. The topological polar surface area (TPSA) is 87.2 Å². The number of nitriles is 1. The Kier molecular flexibility index (Phi) is 3.66. The fourth-order valence-electron chi connectivity index (χ4n) is 1.99. The normalized spacial score (nSPS) is 18.4. The summed E-state index contributed by atoms with van der Waals surface area (Å²) < 4.78 is 26.1. The molecule has 1 saturated heterocycles. The molecule has 6 heteroatoms. The van der Waals surface area contributed by atoms with Gasteiger partial charge >= 0.3 is 0 Å². The highest BCUT2D eigenvalue weighted by Gasteiger charge is 2.28. The van der Waals surface area contributed by atoms with Crippen molar-refractivity contribution in [3.05, 3.63) is 29.8 Å². The van der Waals surface area contributed by atoms with Crippen molar-refractivity contribution in [2.45, 2.75) is 23.8 Å². The van der Waals surface area contributed by atoms with Gasteiger partial charge in [0, 0.05) is 19.1 Å². The first-order valence-electron chi connectivity index (χ1n) is 5.80. The third-order valence-electron chi connectivity index (χ3n) is 3.10. The molecule has 5 nitrogen and oxygen atoms in total. The van der Waals surface area contributed by atoms with Crippen molar-refractivity contribution in [2.24, 2.45) is 5.73 Å². The van der Waals surface area contributed by atoms with Crippen molar-refractivity contribution < 1.29 is 8.42 Å². The molecule has 0 bridgehead atoms. The van der Waals surface area contributed by atoms with Crippen LogP contribution in [0.4, 0.5) is 0 Å². The van der Waals surface area contributed by atoms with Crippen molar-refractivity contribution in [2.75, 3.05) is 13.1 Å². The van der Waals surface area contributed by atoms with E-state index in [1.165, 1.54) is 16.4 Å². The van der Waals surface area contributed by atoms with Crippen molar-refractivity contribution in [1.82, 2.24) is 4.31 Å². The van der Waals surface area contributed by atoms with Gasteiger partial charge in [0.25, 0.3) is 0 Å². The van der Waals surface area contributed by atoms with Crippen LogP contribution in [0.25, 0.3) is 0 Å². The minimum absolute atomic E-state index is 0.0851. The fourth-order valence-corrected chi connectivity index (χ4v) is 3.51. The molecule has 1 aliphatic heterocycles. The van der Waals surface area contributed by atoms with Gasteiger partial charge in [-0.15, -0.1) is 0 Å². The maximum Gasteiger partial charge on any atom is 0.243 e. The van der Waals surface area contributed by atoms with E-state index in [1.54, 1.807) is 12.1 Å². The summed E-state index contributed by atoms with van der Waals surface area (Å²) in [4.78, 5) is 0.178. The van der Waals surface area contributed by atoms with E-state index in [2.05, 4.69) is 0 Å². The van der Waals surface area contributed by atoms with Gasteiger partial charge in [-0.2, -0.15) is 9.57 Å². The second-order valence-electron chi connectivity index (χ2n) is 4.38. The SMILES string of the molecule is N#Cc1cccc(S(=O)(=O)N2CCC(N)CC2)c1. The number of nitrogens with two attached hydrogens (primary N) is 1. The quantitative estimate of drug-likeness (QED) is 0.851. The van der Waals surface area contributed by atoms with Gasteiger partial charge in [-0.1, -0.05) is 6.07 Å². The predicted molar refractivity (Wildman–Crippen MR) is 67.1 cm³/mol. The largest absolute Gasteiger partial charge is 0.328 e. The zero-order chi connectivity index (χ0) is 13.2. The minimum Gasteiger partial charge on any atom is -0.328 e. The summed E-state index contributed by atoms with van der Waals surface area (Å²) in [6.45, 7) is 0.889. The van der Waals surface area contributed by atoms with Crippen LogP contribution in [-0.2, 0) is 10.0 Å². The van der Waals surface area contributed by atoms with E-state index in [0.717, 1.165) is 0 Å². The van der Waals surface area contributed by atoms with Crippen molar-refractivity contribution in [3.63, 3.8) is 0 Å². The van der Waals surface area contributed by atoms with E-state index in [-0.39, 0.29) is 10.9 Å². The molecule has 0 saturated carbocycles. The van der Waals surface area contributed by atoms with Gasteiger partial charge in [-0.25, -0.2) is 8.42 Å². The standard InChI is InChI=1S/C12H15N3O2S/c13-9-10-2-1-3-12(8-10)18(16,17)15-6-4-11(14)5-7-15/h1-3,8,11H,4-7,14H2. The van der Waals surface area contributed by atoms with E-state index >= 15 is 0 Å². The number of hydrogen-bond acceptors (Lipinski definition) is 4. The third-order valence-corrected chi connectivity index (χ3v) is 4.99. The molecule has 1 heterocycles. The summed E-state index contributed by atoms with van der Waals surface area (Å²) in [5, 5.41) is 8.80. The number of rotatable bonds is 2. The van der Waals surface area contributed by atoms with E-state index in [9.17, 15) is 8.42 Å². The van der Waals surface area contributed by atoms with Crippen LogP contribution in [0.2, 0.25) is 0 Å². The molecule has 96 valence electrons. The molecule has 1 fully saturated rings. The van der Waals surface area contributed by atoms with E-state index in [0.29, 0.717) is 31.5 Å². The lowest BCUT2D eigenvalue weighted by molar-refractivity contribution is 0.320. The molecule has 0 atom stereocenters. The average Bonchev–Trinajstić information content (AvgIpc) is 2.39. The molecule has 1 aromatic carbocycles. The molecule has 0 amide bonds. The van der Waals surface area contributed by atoms with Crippen LogP contribution in [-0.4, -0.2) is 31.9 Å². The fraction of sp³-hybridized carbons (Fsp3) is 0.417. The number of sulfonamides is 1. The van der Waals surface area contributed by atoms with Crippen molar-refractivity contribution >= 4 is 10.0 Å². The van der Waals surface area contributed by atoms with Gasteiger partial charge in [0.2, 0.25) is 10.0 Å². The van der Waals surface area contributed by atoms with E-state index in [4.69, 9.17) is 11.0 Å². The van der Waals surface area contributed by atoms with E-state index in [1.807, 2.05) is 6.07 Å². The van der Waals surface area contributed by atoms with Gasteiger partial charge in [0.1, 0.15) is 0 Å². The smallest absolute Gasteiger partial charge is 0.243 e. The lowest BCUT2D eigenvalue weighted by Crippen LogP contribution is -2.42. The van der Waals surface area contributed by atoms with Gasteiger partial charge < -0.3 is 5.73 Å². The zero-order valence-corrected chi connectivity index (χ0v) is 10.7. The highest BCUT2D eigenvalue weighted by atomic mass is 32.2. The van der Waals surface area contributed by atoms with Crippen LogP contribution in [0, 0.1) is 11.3 Å². The lowest BCUT2D eigenvalue weighted by Gasteiger charge is -2.29. The Labute approximate surface area is 107 Å². The summed E-state index contributed by atoms with van der Waals surface area (Å²) in [6, 6.07) is 8.13. The molecular weight excluding hydrogens is 250 g/mol. The van der Waals surface area contributed by atoms with Crippen molar-refractivity contribution in [3.8, 4) is 6.07 Å². The Bertz CT molecular complexity index is 569. The maximum atomic E-state index is 12.3. The summed E-state index contributed by atoms with van der Waals surface area (Å²) in [5.74, 6) is 0. The molecule has 2 rings (SSSR count). The first kappa shape index (κ1) is 13.0. The first-order chi connectivity index (χ1) is 8.54. The molecular formula is C12H15N3O2S. The number of benzene rings is 1. The molecule has 0 spiro atoms. The molecule has 1 aliphatic rings. The Morgan fingerprint density at radius 2 is 2.00 bits per heavy atom. The number of piperidine rings is 1. The number of hydrogen-bond donors (Lipinski definition) is 1. The first-order valence-corrected chi connectivity index (χ1v) is 7.24. The van der Waals surface area contributed by atoms with Gasteiger partial charge in [0.15, 0.2) is 0 Å². The third kappa shape index (κ3) is 2.53. The van der Waals surface area contributed by atoms with Crippen LogP contribution in [0.5, 0.6) is 0 Å². The minimum atomic E-state index is -3.49. The van der Waals surface area contributed by atoms with Gasteiger partial charge in [-0.05, 0) is 31.0 Å². The molecule has 1 aromatic rings. The van der Waals surface area contributed by atoms with Gasteiger partial charge in [0.05, 0.1) is 16.5 Å². The Morgan fingerprint density at radius 1 is 1.33 bits per heavy atom. The lowest BCUT2D eigenvalue weighted by atomic mass is 10.1.